The van der Waals surface area contributed by atoms with Gasteiger partial charge >= 0.3 is 12.2 Å². The first-order valence-electron chi connectivity index (χ1n) is 5.76. The van der Waals surface area contributed by atoms with E-state index in [9.17, 15) is 21.6 Å². The number of rotatable bonds is 4. The van der Waals surface area contributed by atoms with Crippen molar-refractivity contribution in [2.24, 2.45) is 5.14 Å². The van der Waals surface area contributed by atoms with Crippen LogP contribution in [0.4, 0.5) is 13.2 Å². The molecule has 2 aromatic heterocycles. The third kappa shape index (κ3) is 4.26. The van der Waals surface area contributed by atoms with Crippen LogP contribution >= 0.6 is 0 Å². The maximum Gasteiger partial charge on any atom is 0.433 e. The normalized spacial score (nSPS) is 12.0. The highest BCUT2D eigenvalue weighted by Crippen LogP contribution is 2.31. The molecule has 0 spiro atoms. The van der Waals surface area contributed by atoms with E-state index in [1.165, 1.54) is 0 Å². The molecule has 2 aromatic rings. The second-order valence-corrected chi connectivity index (χ2v) is 5.56. The summed E-state index contributed by atoms with van der Waals surface area (Å²) >= 11 is 0. The van der Waals surface area contributed by atoms with E-state index in [0.717, 1.165) is 25.4 Å². The van der Waals surface area contributed by atoms with Crippen molar-refractivity contribution < 1.29 is 31.1 Å². The zero-order chi connectivity index (χ0) is 17.3. The predicted octanol–water partition coefficient (Wildman–Crippen LogP) is 1.34. The van der Waals surface area contributed by atoms with Gasteiger partial charge in [0.2, 0.25) is 5.88 Å². The van der Waals surface area contributed by atoms with Gasteiger partial charge in [0.15, 0.2) is 10.7 Å². The average molecular weight is 350 g/mol. The number of ether oxygens (including phenoxy) is 2. The Hall–Kier alpha value is -2.47. The number of hydrogen-bond acceptors (Lipinski definition) is 7. The standard InChI is InChI=1S/C11H9F3N4O4S/c1-21-8-4-7(11(12,13)14)17-10(18-8)22-6-2-3-9(16-5-6)23(15,19)20/h2-5H,1H3,(H2,15,19,20). The number of aromatic nitrogens is 3. The molecule has 0 radical (unpaired) electrons. The number of alkyl halides is 3. The maximum absolute atomic E-state index is 12.7. The molecule has 0 aromatic carbocycles. The Kier molecular flexibility index (Phi) is 4.38. The molecule has 0 aliphatic rings. The van der Waals surface area contributed by atoms with Crippen molar-refractivity contribution in [1.29, 1.82) is 0 Å². The zero-order valence-corrected chi connectivity index (χ0v) is 12.2. The van der Waals surface area contributed by atoms with E-state index in [4.69, 9.17) is 9.88 Å². The highest BCUT2D eigenvalue weighted by atomic mass is 32.2. The number of primary sulfonamides is 1. The Bertz CT molecular complexity index is 809. The van der Waals surface area contributed by atoms with Crippen LogP contribution in [-0.2, 0) is 16.2 Å². The molecule has 0 saturated carbocycles. The average Bonchev–Trinajstić information content (AvgIpc) is 2.45. The highest BCUT2D eigenvalue weighted by Gasteiger charge is 2.34. The third-order valence-corrected chi connectivity index (χ3v) is 3.22. The largest absolute Gasteiger partial charge is 0.481 e. The van der Waals surface area contributed by atoms with Crippen LogP contribution in [0, 0.1) is 0 Å². The molecule has 124 valence electrons. The van der Waals surface area contributed by atoms with Crippen LogP contribution in [0.25, 0.3) is 0 Å². The summed E-state index contributed by atoms with van der Waals surface area (Å²) in [5.74, 6) is -0.435. The lowest BCUT2D eigenvalue weighted by Crippen LogP contribution is -2.13. The molecule has 0 amide bonds. The van der Waals surface area contributed by atoms with Crippen molar-refractivity contribution in [3.05, 3.63) is 30.1 Å². The van der Waals surface area contributed by atoms with Gasteiger partial charge in [0.25, 0.3) is 10.0 Å². The van der Waals surface area contributed by atoms with E-state index in [-0.39, 0.29) is 11.6 Å². The number of halogens is 3. The Labute approximate surface area is 128 Å². The molecular weight excluding hydrogens is 341 g/mol. The second-order valence-electron chi connectivity index (χ2n) is 4.06. The second kappa shape index (κ2) is 5.96. The molecule has 12 heteroatoms. The summed E-state index contributed by atoms with van der Waals surface area (Å²) in [4.78, 5) is 10.3. The van der Waals surface area contributed by atoms with E-state index in [0.29, 0.717) is 6.07 Å². The number of nitrogens with two attached hydrogens (primary N) is 1. The van der Waals surface area contributed by atoms with Crippen LogP contribution < -0.4 is 14.6 Å². The van der Waals surface area contributed by atoms with Crippen LogP contribution in [0.3, 0.4) is 0 Å². The number of pyridine rings is 1. The third-order valence-electron chi connectivity index (χ3n) is 2.39. The molecule has 0 aliphatic heterocycles. The molecule has 0 aliphatic carbocycles. The molecule has 0 bridgehead atoms. The summed E-state index contributed by atoms with van der Waals surface area (Å²) in [5.41, 5.74) is -1.26. The monoisotopic (exact) mass is 350 g/mol. The van der Waals surface area contributed by atoms with Gasteiger partial charge in [-0.05, 0) is 12.1 Å². The molecule has 2 heterocycles. The Morgan fingerprint density at radius 2 is 1.91 bits per heavy atom. The first kappa shape index (κ1) is 16.9. The molecule has 2 N–H and O–H groups in total. The minimum atomic E-state index is -4.72. The maximum atomic E-state index is 12.7. The molecule has 0 atom stereocenters. The van der Waals surface area contributed by atoms with E-state index in [1.807, 2.05) is 0 Å². The van der Waals surface area contributed by atoms with Gasteiger partial charge in [-0.1, -0.05) is 0 Å². The van der Waals surface area contributed by atoms with Crippen LogP contribution in [0.2, 0.25) is 0 Å². The first-order valence-corrected chi connectivity index (χ1v) is 7.31. The summed E-state index contributed by atoms with van der Waals surface area (Å²) < 4.78 is 69.9. The number of methoxy groups -OCH3 is 1. The molecule has 23 heavy (non-hydrogen) atoms. The Balaban J connectivity index is 2.32. The van der Waals surface area contributed by atoms with Crippen molar-refractivity contribution in [3.63, 3.8) is 0 Å². The fourth-order valence-electron chi connectivity index (χ4n) is 1.40. The zero-order valence-electron chi connectivity index (χ0n) is 11.4. The molecular formula is C11H9F3N4O4S. The van der Waals surface area contributed by atoms with E-state index in [2.05, 4.69) is 19.7 Å². The van der Waals surface area contributed by atoms with Crippen LogP contribution in [0.15, 0.2) is 29.4 Å². The fraction of sp³-hybridized carbons (Fsp3) is 0.182. The van der Waals surface area contributed by atoms with Crippen molar-refractivity contribution >= 4 is 10.0 Å². The summed E-state index contributed by atoms with van der Waals surface area (Å²) in [5, 5.41) is 4.44. The van der Waals surface area contributed by atoms with Gasteiger partial charge in [0.05, 0.1) is 13.3 Å². The van der Waals surface area contributed by atoms with Gasteiger partial charge in [0.1, 0.15) is 5.75 Å². The molecule has 0 fully saturated rings. The van der Waals surface area contributed by atoms with Gasteiger partial charge in [-0.25, -0.2) is 18.5 Å². The van der Waals surface area contributed by atoms with Crippen molar-refractivity contribution in [3.8, 4) is 17.6 Å². The van der Waals surface area contributed by atoms with E-state index >= 15 is 0 Å². The number of hydrogen-bond donors (Lipinski definition) is 1. The quantitative estimate of drug-likeness (QED) is 0.884. The van der Waals surface area contributed by atoms with Gasteiger partial charge in [-0.15, -0.1) is 0 Å². The van der Waals surface area contributed by atoms with Crippen LogP contribution in [0.5, 0.6) is 17.6 Å². The summed E-state index contributed by atoms with van der Waals surface area (Å²) in [6, 6.07) is 2.13. The molecule has 0 unspecified atom stereocenters. The van der Waals surface area contributed by atoms with Crippen molar-refractivity contribution in [2.45, 2.75) is 11.2 Å². The van der Waals surface area contributed by atoms with Crippen LogP contribution in [0.1, 0.15) is 5.69 Å². The van der Waals surface area contributed by atoms with E-state index < -0.39 is 32.9 Å². The minimum Gasteiger partial charge on any atom is -0.481 e. The van der Waals surface area contributed by atoms with Crippen molar-refractivity contribution in [2.75, 3.05) is 7.11 Å². The fourth-order valence-corrected chi connectivity index (χ4v) is 1.86. The lowest BCUT2D eigenvalue weighted by molar-refractivity contribution is -0.141. The first-order chi connectivity index (χ1) is 10.6. The lowest BCUT2D eigenvalue weighted by Gasteiger charge is -2.10. The predicted molar refractivity (Wildman–Crippen MR) is 69.3 cm³/mol. The molecule has 0 saturated heterocycles. The Morgan fingerprint density at radius 3 is 2.39 bits per heavy atom. The Morgan fingerprint density at radius 1 is 1.22 bits per heavy atom. The number of sulfonamides is 1. The minimum absolute atomic E-state index is 0.0845. The van der Waals surface area contributed by atoms with Crippen molar-refractivity contribution in [1.82, 2.24) is 15.0 Å². The highest BCUT2D eigenvalue weighted by molar-refractivity contribution is 7.89. The molecule has 8 nitrogen and oxygen atoms in total. The summed E-state index contributed by atoms with van der Waals surface area (Å²) in [6.07, 6.45) is -3.76. The van der Waals surface area contributed by atoms with Crippen LogP contribution in [-0.4, -0.2) is 30.5 Å². The summed E-state index contributed by atoms with van der Waals surface area (Å²) in [6.45, 7) is 0. The van der Waals surface area contributed by atoms with Gasteiger partial charge in [-0.2, -0.15) is 23.1 Å². The molecule has 2 rings (SSSR count). The van der Waals surface area contributed by atoms with Gasteiger partial charge in [-0.3, -0.25) is 0 Å². The number of nitrogens with zero attached hydrogens (tertiary/aromatic N) is 3. The lowest BCUT2D eigenvalue weighted by atomic mass is 10.4. The topological polar surface area (TPSA) is 117 Å². The smallest absolute Gasteiger partial charge is 0.433 e. The van der Waals surface area contributed by atoms with E-state index in [1.54, 1.807) is 0 Å². The van der Waals surface area contributed by atoms with Gasteiger partial charge < -0.3 is 9.47 Å². The summed E-state index contributed by atoms with van der Waals surface area (Å²) in [7, 11) is -2.86. The SMILES string of the molecule is COc1cc(C(F)(F)F)nc(Oc2ccc(S(N)(=O)=O)nc2)n1. The van der Waals surface area contributed by atoms with Gasteiger partial charge in [0, 0.05) is 6.07 Å².